The predicted octanol–water partition coefficient (Wildman–Crippen LogP) is 2.80. The molecule has 2 N–H and O–H groups in total. The van der Waals surface area contributed by atoms with Crippen molar-refractivity contribution in [3.05, 3.63) is 41.4 Å². The van der Waals surface area contributed by atoms with Crippen molar-refractivity contribution >= 4 is 17.6 Å². The minimum Gasteiger partial charge on any atom is -0.481 e. The Morgan fingerprint density at radius 2 is 2.09 bits per heavy atom. The minimum absolute atomic E-state index is 0.0500. The maximum atomic E-state index is 10.8. The molecule has 0 atom stereocenters. The molecule has 0 aliphatic rings. The van der Waals surface area contributed by atoms with Crippen molar-refractivity contribution in [1.82, 2.24) is 20.2 Å². The molecule has 8 heteroatoms. The van der Waals surface area contributed by atoms with Gasteiger partial charge in [-0.3, -0.25) is 9.89 Å². The molecule has 112 valence electrons. The molecule has 0 unspecified atom stereocenters. The lowest BCUT2D eigenvalue weighted by atomic mass is 10.1. The van der Waals surface area contributed by atoms with Crippen molar-refractivity contribution in [2.24, 2.45) is 0 Å². The highest BCUT2D eigenvalue weighted by atomic mass is 35.5. The predicted molar refractivity (Wildman–Crippen MR) is 78.3 cm³/mol. The molecule has 22 heavy (non-hydrogen) atoms. The van der Waals surface area contributed by atoms with E-state index in [0.717, 1.165) is 5.56 Å². The van der Waals surface area contributed by atoms with Crippen LogP contribution < -0.4 is 0 Å². The highest BCUT2D eigenvalue weighted by Crippen LogP contribution is 2.29. The zero-order valence-electron chi connectivity index (χ0n) is 11.3. The van der Waals surface area contributed by atoms with Crippen LogP contribution in [0.15, 0.2) is 35.0 Å². The maximum Gasteiger partial charge on any atom is 0.303 e. The average molecular weight is 319 g/mol. The lowest BCUT2D eigenvalue weighted by molar-refractivity contribution is -0.137. The van der Waals surface area contributed by atoms with Crippen LogP contribution >= 0.6 is 11.6 Å². The fourth-order valence-electron chi connectivity index (χ4n) is 1.98. The van der Waals surface area contributed by atoms with Crippen LogP contribution in [0.5, 0.6) is 0 Å². The summed E-state index contributed by atoms with van der Waals surface area (Å²) in [6.45, 7) is 0. The number of oxazole rings is 1. The van der Waals surface area contributed by atoms with Crippen molar-refractivity contribution < 1.29 is 14.3 Å². The summed E-state index contributed by atoms with van der Waals surface area (Å²) in [7, 11) is 0. The molecule has 0 amide bonds. The summed E-state index contributed by atoms with van der Waals surface area (Å²) in [6, 6.07) is 7.07. The number of aliphatic carboxylic acids is 1. The van der Waals surface area contributed by atoms with Crippen molar-refractivity contribution in [3.8, 4) is 23.0 Å². The smallest absolute Gasteiger partial charge is 0.303 e. The number of nitrogens with zero attached hydrogens (tertiary/aromatic N) is 3. The summed E-state index contributed by atoms with van der Waals surface area (Å²) < 4.78 is 5.65. The minimum atomic E-state index is -0.903. The Bertz CT molecular complexity index is 781. The number of hydrogen-bond donors (Lipinski definition) is 2. The number of aromatic nitrogens is 4. The molecule has 3 aromatic rings. The van der Waals surface area contributed by atoms with Crippen LogP contribution in [0, 0.1) is 0 Å². The molecule has 2 aromatic heterocycles. The summed E-state index contributed by atoms with van der Waals surface area (Å²) in [5.74, 6) is 0.232. The number of halogens is 1. The summed E-state index contributed by atoms with van der Waals surface area (Å²) in [5.41, 5.74) is 1.36. The van der Waals surface area contributed by atoms with Gasteiger partial charge in [0, 0.05) is 17.0 Å². The van der Waals surface area contributed by atoms with Crippen LogP contribution in [-0.4, -0.2) is 31.2 Å². The van der Waals surface area contributed by atoms with E-state index in [2.05, 4.69) is 20.2 Å². The maximum absolute atomic E-state index is 10.8. The zero-order valence-corrected chi connectivity index (χ0v) is 12.0. The molecular formula is C14H11ClN4O3. The van der Waals surface area contributed by atoms with E-state index in [1.54, 1.807) is 24.3 Å². The largest absolute Gasteiger partial charge is 0.481 e. The second-order valence-electron chi connectivity index (χ2n) is 4.53. The molecule has 0 bridgehead atoms. The van der Waals surface area contributed by atoms with Gasteiger partial charge >= 0.3 is 5.97 Å². The number of carboxylic acids is 1. The van der Waals surface area contributed by atoms with Crippen molar-refractivity contribution in [3.63, 3.8) is 0 Å². The third kappa shape index (κ3) is 2.99. The van der Waals surface area contributed by atoms with E-state index in [4.69, 9.17) is 21.1 Å². The molecule has 0 aliphatic carbocycles. The lowest BCUT2D eigenvalue weighted by Gasteiger charge is -2.00. The number of aryl methyl sites for hydroxylation is 1. The van der Waals surface area contributed by atoms with E-state index in [1.807, 2.05) is 0 Å². The molecule has 0 saturated heterocycles. The van der Waals surface area contributed by atoms with Gasteiger partial charge in [0.05, 0.1) is 6.42 Å². The van der Waals surface area contributed by atoms with Gasteiger partial charge in [-0.1, -0.05) is 23.7 Å². The fourth-order valence-corrected chi connectivity index (χ4v) is 2.11. The number of benzene rings is 1. The Morgan fingerprint density at radius 1 is 1.32 bits per heavy atom. The molecule has 3 rings (SSSR count). The molecule has 0 aliphatic heterocycles. The second kappa shape index (κ2) is 5.98. The normalized spacial score (nSPS) is 10.8. The first-order valence-corrected chi connectivity index (χ1v) is 6.84. The van der Waals surface area contributed by atoms with Crippen molar-refractivity contribution in [2.75, 3.05) is 0 Å². The highest BCUT2D eigenvalue weighted by molar-refractivity contribution is 6.30. The molecular weight excluding hydrogens is 308 g/mol. The molecule has 0 fully saturated rings. The first kappa shape index (κ1) is 14.3. The Morgan fingerprint density at radius 3 is 2.73 bits per heavy atom. The van der Waals surface area contributed by atoms with Crippen LogP contribution in [0.1, 0.15) is 12.2 Å². The number of rotatable bonds is 5. The third-order valence-corrected chi connectivity index (χ3v) is 3.25. The van der Waals surface area contributed by atoms with Crippen LogP contribution in [0.4, 0.5) is 0 Å². The molecule has 7 nitrogen and oxygen atoms in total. The number of aromatic amines is 1. The number of carboxylic acid groups (broad SMARTS) is 1. The monoisotopic (exact) mass is 318 g/mol. The van der Waals surface area contributed by atoms with E-state index >= 15 is 0 Å². The summed E-state index contributed by atoms with van der Waals surface area (Å²) >= 11 is 5.88. The van der Waals surface area contributed by atoms with Crippen molar-refractivity contribution in [2.45, 2.75) is 12.8 Å². The van der Waals surface area contributed by atoms with Gasteiger partial charge in [0.2, 0.25) is 5.82 Å². The highest BCUT2D eigenvalue weighted by Gasteiger charge is 2.18. The average Bonchev–Trinajstić information content (AvgIpc) is 3.15. The van der Waals surface area contributed by atoms with Gasteiger partial charge in [-0.25, -0.2) is 9.97 Å². The quantitative estimate of drug-likeness (QED) is 0.749. The standard InChI is InChI=1S/C14H11ClN4O3/c15-9-3-1-8(2-4-9)12-10(5-6-11(20)21)22-14(18-12)13-16-7-17-19-13/h1-4,7H,5-6H2,(H,20,21)(H,16,17,19). The van der Waals surface area contributed by atoms with Crippen LogP contribution in [0.3, 0.4) is 0 Å². The number of hydrogen-bond acceptors (Lipinski definition) is 5. The topological polar surface area (TPSA) is 105 Å². The third-order valence-electron chi connectivity index (χ3n) is 3.00. The Kier molecular flexibility index (Phi) is 3.88. The van der Waals surface area contributed by atoms with Gasteiger partial charge in [-0.15, -0.1) is 0 Å². The Labute approximate surface area is 130 Å². The van der Waals surface area contributed by atoms with Gasteiger partial charge in [-0.05, 0) is 12.1 Å². The van der Waals surface area contributed by atoms with Gasteiger partial charge in [-0.2, -0.15) is 5.10 Å². The van der Waals surface area contributed by atoms with Gasteiger partial charge in [0.1, 0.15) is 17.8 Å². The number of H-pyrrole nitrogens is 1. The van der Waals surface area contributed by atoms with E-state index < -0.39 is 5.97 Å². The molecule has 1 aromatic carbocycles. The number of carbonyl (C=O) groups is 1. The second-order valence-corrected chi connectivity index (χ2v) is 4.96. The van der Waals surface area contributed by atoms with Crippen LogP contribution in [0.25, 0.3) is 23.0 Å². The SMILES string of the molecule is O=C(O)CCc1oc(-c2ncn[nH]2)nc1-c1ccc(Cl)cc1. The first-order valence-electron chi connectivity index (χ1n) is 6.46. The molecule has 2 heterocycles. The van der Waals surface area contributed by atoms with E-state index in [0.29, 0.717) is 22.3 Å². The summed E-state index contributed by atoms with van der Waals surface area (Å²) in [5, 5.41) is 15.9. The first-order chi connectivity index (χ1) is 10.6. The van der Waals surface area contributed by atoms with Gasteiger partial charge in [0.15, 0.2) is 0 Å². The molecule has 0 saturated carbocycles. The lowest BCUT2D eigenvalue weighted by Crippen LogP contribution is -1.97. The van der Waals surface area contributed by atoms with E-state index in [1.165, 1.54) is 6.33 Å². The Balaban J connectivity index is 2.01. The zero-order chi connectivity index (χ0) is 15.5. The summed E-state index contributed by atoms with van der Waals surface area (Å²) in [6.07, 6.45) is 1.53. The van der Waals surface area contributed by atoms with Gasteiger partial charge < -0.3 is 9.52 Å². The fraction of sp³-hybridized carbons (Fsp3) is 0.143. The molecule has 0 radical (unpaired) electrons. The van der Waals surface area contributed by atoms with E-state index in [9.17, 15) is 4.79 Å². The van der Waals surface area contributed by atoms with Crippen molar-refractivity contribution in [1.29, 1.82) is 0 Å². The van der Waals surface area contributed by atoms with E-state index in [-0.39, 0.29) is 18.7 Å². The molecule has 0 spiro atoms. The van der Waals surface area contributed by atoms with Crippen LogP contribution in [0.2, 0.25) is 5.02 Å². The summed E-state index contributed by atoms with van der Waals surface area (Å²) in [4.78, 5) is 19.2. The Hall–Kier alpha value is -2.67. The number of nitrogens with one attached hydrogen (secondary N) is 1. The van der Waals surface area contributed by atoms with Crippen LogP contribution in [-0.2, 0) is 11.2 Å². The van der Waals surface area contributed by atoms with Gasteiger partial charge in [0.25, 0.3) is 5.89 Å².